The van der Waals surface area contributed by atoms with E-state index >= 15 is 0 Å². The average molecular weight is 208 g/mol. The van der Waals surface area contributed by atoms with Gasteiger partial charge in [-0.15, -0.1) is 0 Å². The van der Waals surface area contributed by atoms with Gasteiger partial charge in [-0.1, -0.05) is 38.2 Å². The summed E-state index contributed by atoms with van der Waals surface area (Å²) in [5, 5.41) is 0. The number of carbonyl (C=O) groups is 1. The highest BCUT2D eigenvalue weighted by atomic mass is 16.5. The van der Waals surface area contributed by atoms with E-state index < -0.39 is 0 Å². The second-order valence-corrected chi connectivity index (χ2v) is 4.99. The second kappa shape index (κ2) is 4.21. The van der Waals surface area contributed by atoms with E-state index in [0.29, 0.717) is 12.5 Å². The van der Waals surface area contributed by atoms with Crippen LogP contribution in [0.1, 0.15) is 27.7 Å². The first-order valence-electron chi connectivity index (χ1n) is 5.33. The molecule has 15 heavy (non-hydrogen) atoms. The summed E-state index contributed by atoms with van der Waals surface area (Å²) in [7, 11) is 0. The van der Waals surface area contributed by atoms with Gasteiger partial charge in [0.1, 0.15) is 6.61 Å². The van der Waals surface area contributed by atoms with Crippen molar-refractivity contribution in [2.24, 2.45) is 17.3 Å². The van der Waals surface area contributed by atoms with Crippen molar-refractivity contribution < 1.29 is 9.53 Å². The minimum absolute atomic E-state index is 0.0207. The van der Waals surface area contributed by atoms with Crippen molar-refractivity contribution >= 4 is 5.97 Å². The molecule has 1 fully saturated rings. The lowest BCUT2D eigenvalue weighted by Crippen LogP contribution is -2.10. The molecule has 0 amide bonds. The molecule has 0 aromatic heterocycles. The van der Waals surface area contributed by atoms with E-state index in [1.807, 2.05) is 0 Å². The van der Waals surface area contributed by atoms with Gasteiger partial charge in [0.2, 0.25) is 0 Å². The average Bonchev–Trinajstić information content (AvgIpc) is 2.63. The van der Waals surface area contributed by atoms with Crippen molar-refractivity contribution in [3.63, 3.8) is 0 Å². The van der Waals surface area contributed by atoms with Crippen LogP contribution in [0.4, 0.5) is 0 Å². The molecule has 0 aromatic carbocycles. The summed E-state index contributed by atoms with van der Waals surface area (Å²) in [6, 6.07) is 0. The first kappa shape index (κ1) is 12.0. The van der Waals surface area contributed by atoms with Crippen molar-refractivity contribution in [3.8, 4) is 0 Å². The molecule has 0 unspecified atom stereocenters. The van der Waals surface area contributed by atoms with Gasteiger partial charge in [0.15, 0.2) is 0 Å². The summed E-state index contributed by atoms with van der Waals surface area (Å²) in [4.78, 5) is 11.7. The molecule has 1 aliphatic carbocycles. The van der Waals surface area contributed by atoms with E-state index in [4.69, 9.17) is 4.74 Å². The topological polar surface area (TPSA) is 26.3 Å². The molecule has 0 N–H and O–H groups in total. The van der Waals surface area contributed by atoms with Gasteiger partial charge in [-0.05, 0) is 25.2 Å². The zero-order valence-electron chi connectivity index (χ0n) is 10.0. The molecular weight excluding hydrogens is 188 g/mol. The van der Waals surface area contributed by atoms with Crippen molar-refractivity contribution in [1.82, 2.24) is 0 Å². The number of esters is 1. The van der Waals surface area contributed by atoms with Crippen LogP contribution in [0.5, 0.6) is 0 Å². The Balaban J connectivity index is 2.61. The Morgan fingerprint density at radius 3 is 2.53 bits per heavy atom. The highest BCUT2D eigenvalue weighted by Crippen LogP contribution is 2.59. The number of hydrogen-bond donors (Lipinski definition) is 0. The normalized spacial score (nSPS) is 26.7. The molecule has 0 bridgehead atoms. The first-order valence-corrected chi connectivity index (χ1v) is 5.33. The maximum absolute atomic E-state index is 11.7. The molecule has 2 atom stereocenters. The van der Waals surface area contributed by atoms with E-state index in [2.05, 4.69) is 40.3 Å². The summed E-state index contributed by atoms with van der Waals surface area (Å²) < 4.78 is 5.08. The highest BCUT2D eigenvalue weighted by Gasteiger charge is 2.61. The van der Waals surface area contributed by atoms with Gasteiger partial charge in [-0.25, -0.2) is 0 Å². The lowest BCUT2D eigenvalue weighted by atomic mass is 10.1. The molecule has 1 saturated carbocycles. The van der Waals surface area contributed by atoms with Crippen LogP contribution >= 0.6 is 0 Å². The third kappa shape index (κ3) is 2.49. The molecule has 0 radical (unpaired) electrons. The van der Waals surface area contributed by atoms with E-state index in [9.17, 15) is 4.79 Å². The molecule has 0 spiro atoms. The number of hydrogen-bond acceptors (Lipinski definition) is 2. The maximum atomic E-state index is 11.7. The third-order valence-electron chi connectivity index (χ3n) is 3.02. The molecule has 0 aromatic rings. The number of ether oxygens (including phenoxy) is 1. The summed E-state index contributed by atoms with van der Waals surface area (Å²) >= 11 is 0. The highest BCUT2D eigenvalue weighted by molar-refractivity contribution is 5.78. The van der Waals surface area contributed by atoms with Crippen molar-refractivity contribution in [2.45, 2.75) is 27.7 Å². The Bertz CT molecular complexity index is 296. The van der Waals surface area contributed by atoms with Crippen LogP contribution in [0.15, 0.2) is 24.3 Å². The zero-order chi connectivity index (χ0) is 11.6. The second-order valence-electron chi connectivity index (χ2n) is 4.99. The molecule has 84 valence electrons. The minimum atomic E-state index is -0.0950. The lowest BCUT2D eigenvalue weighted by Gasteiger charge is -2.02. The van der Waals surface area contributed by atoms with E-state index in [-0.39, 0.29) is 17.3 Å². The fourth-order valence-corrected chi connectivity index (χ4v) is 2.03. The SMILES string of the molecule is C=CCOC(=O)[C@H]1[C@@H](C=C(C)C)C1(C)C. The van der Waals surface area contributed by atoms with Crippen LogP contribution in [0, 0.1) is 17.3 Å². The van der Waals surface area contributed by atoms with Gasteiger partial charge in [-0.3, -0.25) is 4.79 Å². The zero-order valence-corrected chi connectivity index (χ0v) is 10.0. The van der Waals surface area contributed by atoms with Gasteiger partial charge in [0.25, 0.3) is 0 Å². The number of allylic oxidation sites excluding steroid dienone is 2. The summed E-state index contributed by atoms with van der Waals surface area (Å²) in [6.07, 6.45) is 3.77. The fourth-order valence-electron chi connectivity index (χ4n) is 2.03. The molecule has 1 rings (SSSR count). The Kier molecular flexibility index (Phi) is 3.38. The molecule has 2 heteroatoms. The quantitative estimate of drug-likeness (QED) is 0.524. The van der Waals surface area contributed by atoms with Gasteiger partial charge < -0.3 is 4.74 Å². The monoisotopic (exact) mass is 208 g/mol. The Morgan fingerprint density at radius 2 is 2.07 bits per heavy atom. The van der Waals surface area contributed by atoms with Crippen LogP contribution in [-0.2, 0) is 9.53 Å². The molecule has 0 saturated heterocycles. The van der Waals surface area contributed by atoms with Crippen molar-refractivity contribution in [2.75, 3.05) is 6.61 Å². The van der Waals surface area contributed by atoms with Crippen LogP contribution < -0.4 is 0 Å². The van der Waals surface area contributed by atoms with Gasteiger partial charge in [0, 0.05) is 0 Å². The molecule has 2 nitrogen and oxygen atoms in total. The number of carbonyl (C=O) groups excluding carboxylic acids is 1. The number of rotatable bonds is 4. The van der Waals surface area contributed by atoms with Crippen molar-refractivity contribution in [1.29, 1.82) is 0 Å². The van der Waals surface area contributed by atoms with E-state index in [1.54, 1.807) is 6.08 Å². The summed E-state index contributed by atoms with van der Waals surface area (Å²) in [5.41, 5.74) is 1.31. The largest absolute Gasteiger partial charge is 0.461 e. The predicted molar refractivity (Wildman–Crippen MR) is 61.3 cm³/mol. The van der Waals surface area contributed by atoms with E-state index in [0.717, 1.165) is 0 Å². The van der Waals surface area contributed by atoms with Crippen molar-refractivity contribution in [3.05, 3.63) is 24.3 Å². The van der Waals surface area contributed by atoms with Gasteiger partial charge in [-0.2, -0.15) is 0 Å². The van der Waals surface area contributed by atoms with Gasteiger partial charge >= 0.3 is 5.97 Å². The fraction of sp³-hybridized carbons (Fsp3) is 0.615. The van der Waals surface area contributed by atoms with Crippen LogP contribution in [0.2, 0.25) is 0 Å². The first-order chi connectivity index (χ1) is 6.91. The molecule has 0 heterocycles. The predicted octanol–water partition coefficient (Wildman–Crippen LogP) is 2.95. The maximum Gasteiger partial charge on any atom is 0.310 e. The third-order valence-corrected chi connectivity index (χ3v) is 3.02. The lowest BCUT2D eigenvalue weighted by molar-refractivity contribution is -0.144. The standard InChI is InChI=1S/C13H20O2/c1-6-7-15-12(14)11-10(8-9(2)3)13(11,4)5/h6,8,10-11H,1,7H2,2-5H3/t10-,11-/m1/s1. The summed E-state index contributed by atoms with van der Waals surface area (Å²) in [5.74, 6) is 0.259. The van der Waals surface area contributed by atoms with Crippen LogP contribution in [0.3, 0.4) is 0 Å². The smallest absolute Gasteiger partial charge is 0.310 e. The summed E-state index contributed by atoms with van der Waals surface area (Å²) in [6.45, 7) is 12.2. The molecular formula is C13H20O2. The van der Waals surface area contributed by atoms with Crippen LogP contribution in [0.25, 0.3) is 0 Å². The van der Waals surface area contributed by atoms with Crippen LogP contribution in [-0.4, -0.2) is 12.6 Å². The Labute approximate surface area is 92.0 Å². The van der Waals surface area contributed by atoms with Gasteiger partial charge in [0.05, 0.1) is 5.92 Å². The molecule has 0 aliphatic heterocycles. The Hall–Kier alpha value is -1.05. The minimum Gasteiger partial charge on any atom is -0.461 e. The Morgan fingerprint density at radius 1 is 1.47 bits per heavy atom. The molecule has 1 aliphatic rings. The van der Waals surface area contributed by atoms with E-state index in [1.165, 1.54) is 5.57 Å².